The van der Waals surface area contributed by atoms with Gasteiger partial charge in [0.1, 0.15) is 0 Å². The van der Waals surface area contributed by atoms with Crippen LogP contribution in [0.25, 0.3) is 10.9 Å². The molecule has 4 rings (SSSR count). The third kappa shape index (κ3) is 2.70. The van der Waals surface area contributed by atoms with Gasteiger partial charge in [0.25, 0.3) is 0 Å². The molecule has 2 aliphatic heterocycles. The molecule has 0 bridgehead atoms. The summed E-state index contributed by atoms with van der Waals surface area (Å²) in [5, 5.41) is 5.84. The lowest BCUT2D eigenvalue weighted by molar-refractivity contribution is 0.166. The Morgan fingerprint density at radius 2 is 2.24 bits per heavy atom. The van der Waals surface area contributed by atoms with E-state index in [9.17, 15) is 0 Å². The van der Waals surface area contributed by atoms with Crippen molar-refractivity contribution in [2.24, 2.45) is 0 Å². The monoisotopic (exact) mass is 303 g/mol. The summed E-state index contributed by atoms with van der Waals surface area (Å²) in [7, 11) is 0. The van der Waals surface area contributed by atoms with Gasteiger partial charge < -0.3 is 15.2 Å². The van der Waals surface area contributed by atoms with Gasteiger partial charge in [0.2, 0.25) is 0 Å². The average Bonchev–Trinajstić information content (AvgIpc) is 3.10. The summed E-state index contributed by atoms with van der Waals surface area (Å²) in [4.78, 5) is 5.99. The van der Waals surface area contributed by atoms with E-state index in [2.05, 4.69) is 27.5 Å². The Kier molecular flexibility index (Phi) is 3.66. The highest BCUT2D eigenvalue weighted by molar-refractivity contribution is 6.31. The first-order valence-corrected chi connectivity index (χ1v) is 8.40. The molecule has 0 radical (unpaired) electrons. The summed E-state index contributed by atoms with van der Waals surface area (Å²) in [6, 6.07) is 7.58. The number of benzene rings is 1. The Hall–Kier alpha value is -1.03. The summed E-state index contributed by atoms with van der Waals surface area (Å²) in [6.45, 7) is 3.53. The number of H-pyrrole nitrogens is 1. The second kappa shape index (κ2) is 5.64. The van der Waals surface area contributed by atoms with Gasteiger partial charge in [-0.1, -0.05) is 17.7 Å². The van der Waals surface area contributed by atoms with Crippen molar-refractivity contribution in [2.45, 2.75) is 44.3 Å². The lowest BCUT2D eigenvalue weighted by Gasteiger charge is -2.35. The third-order valence-electron chi connectivity index (χ3n) is 5.13. The fraction of sp³-hybridized carbons (Fsp3) is 0.529. The number of aromatic amines is 1. The van der Waals surface area contributed by atoms with Crippen LogP contribution in [-0.4, -0.2) is 35.1 Å². The number of hydrogen-bond acceptors (Lipinski definition) is 2. The van der Waals surface area contributed by atoms with Crippen molar-refractivity contribution in [1.29, 1.82) is 0 Å². The molecule has 1 aromatic carbocycles. The Bertz CT molecular complexity index is 636. The Labute approximate surface area is 130 Å². The molecule has 2 fully saturated rings. The molecule has 0 aliphatic carbocycles. The van der Waals surface area contributed by atoms with Gasteiger partial charge in [-0.15, -0.1) is 0 Å². The van der Waals surface area contributed by atoms with Crippen LogP contribution >= 0.6 is 11.6 Å². The third-order valence-corrected chi connectivity index (χ3v) is 5.37. The highest BCUT2D eigenvalue weighted by Gasteiger charge is 2.31. The van der Waals surface area contributed by atoms with E-state index < -0.39 is 0 Å². The molecule has 2 N–H and O–H groups in total. The van der Waals surface area contributed by atoms with E-state index in [0.717, 1.165) is 23.1 Å². The quantitative estimate of drug-likeness (QED) is 0.909. The molecule has 0 spiro atoms. The summed E-state index contributed by atoms with van der Waals surface area (Å²) >= 11 is 6.04. The lowest BCUT2D eigenvalue weighted by atomic mass is 9.97. The summed E-state index contributed by atoms with van der Waals surface area (Å²) < 4.78 is 0. The fourth-order valence-electron chi connectivity index (χ4n) is 3.97. The molecule has 3 nitrogen and oxygen atoms in total. The van der Waals surface area contributed by atoms with Crippen LogP contribution in [0.3, 0.4) is 0 Å². The minimum absolute atomic E-state index is 0.668. The SMILES string of the molecule is Clc1ccc2c(CNC3CCN4CCCC4C3)c[nH]c2c1. The molecule has 2 saturated heterocycles. The van der Waals surface area contributed by atoms with Crippen LogP contribution in [0.2, 0.25) is 5.02 Å². The van der Waals surface area contributed by atoms with Crippen molar-refractivity contribution in [1.82, 2.24) is 15.2 Å². The molecule has 2 aromatic rings. The molecule has 2 atom stereocenters. The molecular weight excluding hydrogens is 282 g/mol. The Balaban J connectivity index is 1.41. The van der Waals surface area contributed by atoms with E-state index in [0.29, 0.717) is 6.04 Å². The normalized spacial score (nSPS) is 26.3. The Morgan fingerprint density at radius 3 is 3.19 bits per heavy atom. The van der Waals surface area contributed by atoms with Crippen molar-refractivity contribution >= 4 is 22.5 Å². The van der Waals surface area contributed by atoms with Gasteiger partial charge in [0.15, 0.2) is 0 Å². The summed E-state index contributed by atoms with van der Waals surface area (Å²) in [6.07, 6.45) is 7.49. The molecule has 21 heavy (non-hydrogen) atoms. The van der Waals surface area contributed by atoms with Crippen molar-refractivity contribution < 1.29 is 0 Å². The van der Waals surface area contributed by atoms with Crippen LogP contribution < -0.4 is 5.32 Å². The maximum absolute atomic E-state index is 6.04. The predicted molar refractivity (Wildman–Crippen MR) is 87.8 cm³/mol. The largest absolute Gasteiger partial charge is 0.361 e. The van der Waals surface area contributed by atoms with E-state index in [-0.39, 0.29) is 0 Å². The van der Waals surface area contributed by atoms with Crippen LogP contribution in [0.4, 0.5) is 0 Å². The maximum atomic E-state index is 6.04. The molecule has 0 saturated carbocycles. The van der Waals surface area contributed by atoms with E-state index in [4.69, 9.17) is 11.6 Å². The number of nitrogens with zero attached hydrogens (tertiary/aromatic N) is 1. The molecule has 112 valence electrons. The minimum atomic E-state index is 0.668. The highest BCUT2D eigenvalue weighted by atomic mass is 35.5. The van der Waals surface area contributed by atoms with Crippen LogP contribution in [-0.2, 0) is 6.54 Å². The molecule has 2 unspecified atom stereocenters. The van der Waals surface area contributed by atoms with Crippen molar-refractivity contribution in [3.8, 4) is 0 Å². The zero-order chi connectivity index (χ0) is 14.2. The van der Waals surface area contributed by atoms with Crippen LogP contribution in [0, 0.1) is 0 Å². The molecule has 0 amide bonds. The number of hydrogen-bond donors (Lipinski definition) is 2. The first kappa shape index (κ1) is 13.6. The molecular formula is C17H22ClN3. The van der Waals surface area contributed by atoms with E-state index in [1.54, 1.807) is 0 Å². The van der Waals surface area contributed by atoms with Gasteiger partial charge in [-0.05, 0) is 56.5 Å². The standard InChI is InChI=1S/C17H22ClN3/c18-13-3-4-16-12(11-20-17(16)8-13)10-19-14-5-7-21-6-1-2-15(21)9-14/h3-4,8,11,14-15,19-20H,1-2,5-7,9-10H2. The van der Waals surface area contributed by atoms with Crippen LogP contribution in [0.1, 0.15) is 31.2 Å². The van der Waals surface area contributed by atoms with Gasteiger partial charge in [0, 0.05) is 40.8 Å². The summed E-state index contributed by atoms with van der Waals surface area (Å²) in [5.74, 6) is 0. The molecule has 1 aromatic heterocycles. The number of fused-ring (bicyclic) bond motifs is 2. The van der Waals surface area contributed by atoms with Gasteiger partial charge in [-0.25, -0.2) is 0 Å². The smallest absolute Gasteiger partial charge is 0.0472 e. The van der Waals surface area contributed by atoms with E-state index >= 15 is 0 Å². The van der Waals surface area contributed by atoms with Gasteiger partial charge in [0.05, 0.1) is 0 Å². The average molecular weight is 304 g/mol. The molecule has 4 heteroatoms. The second-order valence-electron chi connectivity index (χ2n) is 6.44. The zero-order valence-corrected chi connectivity index (χ0v) is 13.0. The van der Waals surface area contributed by atoms with Crippen molar-refractivity contribution in [3.63, 3.8) is 0 Å². The number of nitrogens with one attached hydrogen (secondary N) is 2. The first-order valence-electron chi connectivity index (χ1n) is 8.02. The van der Waals surface area contributed by atoms with Gasteiger partial charge in [-0.2, -0.15) is 0 Å². The topological polar surface area (TPSA) is 31.1 Å². The number of rotatable bonds is 3. The maximum Gasteiger partial charge on any atom is 0.0472 e. The lowest BCUT2D eigenvalue weighted by Crippen LogP contribution is -2.45. The Morgan fingerprint density at radius 1 is 1.29 bits per heavy atom. The second-order valence-corrected chi connectivity index (χ2v) is 6.87. The number of piperidine rings is 1. The van der Waals surface area contributed by atoms with Gasteiger partial charge >= 0.3 is 0 Å². The van der Waals surface area contributed by atoms with Crippen molar-refractivity contribution in [3.05, 3.63) is 35.0 Å². The first-order chi connectivity index (χ1) is 10.3. The molecule has 3 heterocycles. The van der Waals surface area contributed by atoms with E-state index in [1.807, 2.05) is 12.1 Å². The molecule has 2 aliphatic rings. The number of halogens is 1. The van der Waals surface area contributed by atoms with Crippen LogP contribution in [0.5, 0.6) is 0 Å². The number of aromatic nitrogens is 1. The highest BCUT2D eigenvalue weighted by Crippen LogP contribution is 2.27. The fourth-order valence-corrected chi connectivity index (χ4v) is 4.14. The van der Waals surface area contributed by atoms with Gasteiger partial charge in [-0.3, -0.25) is 0 Å². The summed E-state index contributed by atoms with van der Waals surface area (Å²) in [5.41, 5.74) is 2.47. The van der Waals surface area contributed by atoms with E-state index in [1.165, 1.54) is 49.7 Å². The van der Waals surface area contributed by atoms with Crippen LogP contribution in [0.15, 0.2) is 24.4 Å². The predicted octanol–water partition coefficient (Wildman–Crippen LogP) is 3.54. The van der Waals surface area contributed by atoms with Crippen molar-refractivity contribution in [2.75, 3.05) is 13.1 Å². The minimum Gasteiger partial charge on any atom is -0.361 e. The zero-order valence-electron chi connectivity index (χ0n) is 12.2.